The molecule has 1 saturated carbocycles. The number of rotatable bonds is 12. The molecule has 0 spiro atoms. The first kappa shape index (κ1) is 20.8. The monoisotopic (exact) mass is 334 g/mol. The van der Waals surface area contributed by atoms with E-state index in [-0.39, 0.29) is 5.97 Å². The molecular weight excluding hydrogens is 300 g/mol. The van der Waals surface area contributed by atoms with Gasteiger partial charge in [-0.15, -0.1) is 0 Å². The third-order valence-corrected chi connectivity index (χ3v) is 4.74. The molecule has 0 aromatic heterocycles. The Morgan fingerprint density at radius 1 is 1.25 bits per heavy atom. The molecule has 0 aliphatic heterocycles. The molecule has 0 bridgehead atoms. The minimum absolute atomic E-state index is 0.0934. The Balaban J connectivity index is 1.98. The number of esters is 1. The molecule has 24 heavy (non-hydrogen) atoms. The lowest BCUT2D eigenvalue weighted by Crippen LogP contribution is -2.01. The van der Waals surface area contributed by atoms with Crippen molar-refractivity contribution in [1.82, 2.24) is 0 Å². The highest BCUT2D eigenvalue weighted by atomic mass is 16.5. The number of carbonyl (C=O) groups is 1. The van der Waals surface area contributed by atoms with Crippen molar-refractivity contribution < 1.29 is 14.6 Å². The van der Waals surface area contributed by atoms with Gasteiger partial charge < -0.3 is 9.84 Å². The van der Waals surface area contributed by atoms with Crippen LogP contribution in [0.15, 0.2) is 12.2 Å². The Hall–Kier alpha value is -1.27. The molecule has 1 N–H and O–H groups in total. The number of ether oxygens (including phenoxy) is 1. The fourth-order valence-corrected chi connectivity index (χ4v) is 3.05. The van der Waals surface area contributed by atoms with Crippen LogP contribution in [0.1, 0.15) is 77.6 Å². The molecular formula is C21H34O3. The fraction of sp³-hybridized carbons (Fsp3) is 0.762. The molecule has 1 fully saturated rings. The van der Waals surface area contributed by atoms with Gasteiger partial charge in [-0.05, 0) is 56.4 Å². The van der Waals surface area contributed by atoms with E-state index in [1.165, 1.54) is 39.2 Å². The molecule has 0 aromatic rings. The van der Waals surface area contributed by atoms with E-state index in [4.69, 9.17) is 0 Å². The van der Waals surface area contributed by atoms with E-state index >= 15 is 0 Å². The largest absolute Gasteiger partial charge is 0.469 e. The lowest BCUT2D eigenvalue weighted by Gasteiger charge is -2.00. The number of aliphatic hydroxyl groups is 1. The Kier molecular flexibility index (Phi) is 11.3. The summed E-state index contributed by atoms with van der Waals surface area (Å²) in [6.45, 7) is 2.16. The summed E-state index contributed by atoms with van der Waals surface area (Å²) in [6.07, 6.45) is 15.2. The number of carbonyl (C=O) groups excluding carboxylic acids is 1. The van der Waals surface area contributed by atoms with Crippen LogP contribution in [0.3, 0.4) is 0 Å². The molecule has 136 valence electrons. The van der Waals surface area contributed by atoms with E-state index in [0.717, 1.165) is 43.9 Å². The number of hydrogen-bond acceptors (Lipinski definition) is 3. The molecule has 0 saturated heterocycles. The first-order chi connectivity index (χ1) is 11.7. The van der Waals surface area contributed by atoms with Gasteiger partial charge >= 0.3 is 5.97 Å². The SMILES string of the molecule is CCCCC[C@H](O)C#C/C=C\CC[C@@H]1C[C@H]1CCCCC(=O)OC. The molecule has 0 amide bonds. The van der Waals surface area contributed by atoms with E-state index < -0.39 is 6.10 Å². The zero-order valence-corrected chi connectivity index (χ0v) is 15.4. The molecule has 0 unspecified atom stereocenters. The molecule has 0 radical (unpaired) electrons. The smallest absolute Gasteiger partial charge is 0.305 e. The van der Waals surface area contributed by atoms with Crippen LogP contribution in [0.4, 0.5) is 0 Å². The first-order valence-corrected chi connectivity index (χ1v) is 9.58. The number of aliphatic hydroxyl groups excluding tert-OH is 1. The third-order valence-electron chi connectivity index (χ3n) is 4.74. The molecule has 0 aromatic carbocycles. The van der Waals surface area contributed by atoms with Crippen molar-refractivity contribution in [2.24, 2.45) is 11.8 Å². The lowest BCUT2D eigenvalue weighted by molar-refractivity contribution is -0.140. The van der Waals surface area contributed by atoms with Gasteiger partial charge in [0.05, 0.1) is 7.11 Å². The third kappa shape index (κ3) is 10.5. The van der Waals surface area contributed by atoms with E-state index in [1.54, 1.807) is 0 Å². The number of unbranched alkanes of at least 4 members (excludes halogenated alkanes) is 3. The highest BCUT2D eigenvalue weighted by Gasteiger charge is 2.34. The van der Waals surface area contributed by atoms with Gasteiger partial charge in [0.15, 0.2) is 0 Å². The maximum Gasteiger partial charge on any atom is 0.305 e. The van der Waals surface area contributed by atoms with Crippen molar-refractivity contribution in [1.29, 1.82) is 0 Å². The Morgan fingerprint density at radius 2 is 2.04 bits per heavy atom. The molecule has 3 heteroatoms. The van der Waals surface area contributed by atoms with Crippen LogP contribution in [0, 0.1) is 23.7 Å². The van der Waals surface area contributed by atoms with Gasteiger partial charge in [-0.1, -0.05) is 50.5 Å². The second-order valence-electron chi connectivity index (χ2n) is 6.86. The van der Waals surface area contributed by atoms with Crippen LogP contribution in [0.25, 0.3) is 0 Å². The van der Waals surface area contributed by atoms with Gasteiger partial charge in [-0.2, -0.15) is 0 Å². The predicted molar refractivity (Wildman–Crippen MR) is 98.4 cm³/mol. The molecule has 3 atom stereocenters. The highest BCUT2D eigenvalue weighted by Crippen LogP contribution is 2.45. The Bertz CT molecular complexity index is 430. The number of hydrogen-bond donors (Lipinski definition) is 1. The summed E-state index contributed by atoms with van der Waals surface area (Å²) in [6, 6.07) is 0. The summed E-state index contributed by atoms with van der Waals surface area (Å²) >= 11 is 0. The normalized spacial score (nSPS) is 20.5. The van der Waals surface area contributed by atoms with Crippen molar-refractivity contribution in [3.8, 4) is 11.8 Å². The summed E-state index contributed by atoms with van der Waals surface area (Å²) in [5.41, 5.74) is 0. The second-order valence-corrected chi connectivity index (χ2v) is 6.86. The first-order valence-electron chi connectivity index (χ1n) is 9.58. The minimum atomic E-state index is -0.473. The topological polar surface area (TPSA) is 46.5 Å². The van der Waals surface area contributed by atoms with Gasteiger partial charge in [-0.3, -0.25) is 4.79 Å². The van der Waals surface area contributed by atoms with E-state index in [2.05, 4.69) is 29.6 Å². The maximum atomic E-state index is 11.0. The Labute approximate surface area is 147 Å². The Morgan fingerprint density at radius 3 is 2.79 bits per heavy atom. The lowest BCUT2D eigenvalue weighted by atomic mass is 10.1. The molecule has 3 nitrogen and oxygen atoms in total. The van der Waals surface area contributed by atoms with Crippen molar-refractivity contribution >= 4 is 5.97 Å². The zero-order chi connectivity index (χ0) is 17.6. The van der Waals surface area contributed by atoms with E-state index in [9.17, 15) is 9.90 Å². The van der Waals surface area contributed by atoms with E-state index in [0.29, 0.717) is 6.42 Å². The van der Waals surface area contributed by atoms with Crippen LogP contribution in [0.2, 0.25) is 0 Å². The summed E-state index contributed by atoms with van der Waals surface area (Å²) in [4.78, 5) is 11.0. The summed E-state index contributed by atoms with van der Waals surface area (Å²) in [7, 11) is 1.45. The molecule has 1 aliphatic carbocycles. The van der Waals surface area contributed by atoms with Gasteiger partial charge in [0, 0.05) is 6.42 Å². The van der Waals surface area contributed by atoms with E-state index in [1.807, 2.05) is 6.08 Å². The van der Waals surface area contributed by atoms with Gasteiger partial charge in [-0.25, -0.2) is 0 Å². The second kappa shape index (κ2) is 13.1. The van der Waals surface area contributed by atoms with Gasteiger partial charge in [0.25, 0.3) is 0 Å². The number of allylic oxidation sites excluding steroid dienone is 2. The van der Waals surface area contributed by atoms with Crippen LogP contribution < -0.4 is 0 Å². The minimum Gasteiger partial charge on any atom is -0.469 e. The molecule has 1 rings (SSSR count). The van der Waals surface area contributed by atoms with Gasteiger partial charge in [0.1, 0.15) is 6.10 Å². The summed E-state index contributed by atoms with van der Waals surface area (Å²) in [5.74, 6) is 7.47. The quantitative estimate of drug-likeness (QED) is 0.321. The van der Waals surface area contributed by atoms with Crippen LogP contribution in [-0.4, -0.2) is 24.3 Å². The van der Waals surface area contributed by atoms with Crippen molar-refractivity contribution in [3.63, 3.8) is 0 Å². The zero-order valence-electron chi connectivity index (χ0n) is 15.4. The predicted octanol–water partition coefficient (Wildman–Crippen LogP) is 4.64. The maximum absolute atomic E-state index is 11.0. The number of methoxy groups -OCH3 is 1. The van der Waals surface area contributed by atoms with Crippen molar-refractivity contribution in [2.45, 2.75) is 83.7 Å². The average molecular weight is 335 g/mol. The van der Waals surface area contributed by atoms with Crippen LogP contribution >= 0.6 is 0 Å². The summed E-state index contributed by atoms with van der Waals surface area (Å²) in [5, 5.41) is 9.68. The van der Waals surface area contributed by atoms with Crippen LogP contribution in [0.5, 0.6) is 0 Å². The highest BCUT2D eigenvalue weighted by molar-refractivity contribution is 5.68. The molecule has 1 aliphatic rings. The van der Waals surface area contributed by atoms with Crippen LogP contribution in [-0.2, 0) is 9.53 Å². The standard InChI is InChI=1S/C21H34O3/c1-3-4-7-14-20(22)15-9-6-5-8-12-18-17-19(18)13-10-11-16-21(23)24-2/h5-6,18-20,22H,3-4,7-8,10-14,16-17H2,1-2H3/b6-5-/t18-,19-,20+/m1/s1. The summed E-state index contributed by atoms with van der Waals surface area (Å²) < 4.78 is 4.65. The van der Waals surface area contributed by atoms with Crippen molar-refractivity contribution in [3.05, 3.63) is 12.2 Å². The average Bonchev–Trinajstić information content (AvgIpc) is 3.33. The van der Waals surface area contributed by atoms with Crippen molar-refractivity contribution in [2.75, 3.05) is 7.11 Å². The molecule has 0 heterocycles. The fourth-order valence-electron chi connectivity index (χ4n) is 3.05. The van der Waals surface area contributed by atoms with Gasteiger partial charge in [0.2, 0.25) is 0 Å².